The summed E-state index contributed by atoms with van der Waals surface area (Å²) >= 11 is 0. The Bertz CT molecular complexity index is 73.6. The van der Waals surface area contributed by atoms with Crippen molar-refractivity contribution >= 4 is 0 Å². The molecule has 0 saturated carbocycles. The Morgan fingerprint density at radius 1 is 1.83 bits per heavy atom. The summed E-state index contributed by atoms with van der Waals surface area (Å²) in [6.07, 6.45) is 0. The number of hydrogen-bond donors (Lipinski definition) is 1. The highest BCUT2D eigenvalue weighted by Crippen LogP contribution is 1.63. The van der Waals surface area contributed by atoms with Crippen molar-refractivity contribution in [2.75, 3.05) is 0 Å². The van der Waals surface area contributed by atoms with Crippen molar-refractivity contribution in [3.63, 3.8) is 0 Å². The van der Waals surface area contributed by atoms with Crippen molar-refractivity contribution in [3.05, 3.63) is 10.1 Å². The van der Waals surface area contributed by atoms with Gasteiger partial charge in [0.05, 0.1) is 0 Å². The van der Waals surface area contributed by atoms with Crippen LogP contribution in [-0.2, 0) is 0 Å². The van der Waals surface area contributed by atoms with E-state index >= 15 is 0 Å². The van der Waals surface area contributed by atoms with E-state index < -0.39 is 4.97 Å². The molecule has 0 spiro atoms. The summed E-state index contributed by atoms with van der Waals surface area (Å²) < 4.78 is 0. The standard InChI is InChI=1S/H2N4O2/c1-2-4(6)3-5/h1H2. The van der Waals surface area contributed by atoms with E-state index in [9.17, 15) is 5.21 Å². The number of hydrogen-bond acceptors (Lipinski definition) is 3. The molecular weight excluding hydrogens is 88.0 g/mol. The topological polar surface area (TPSA) is 93.9 Å². The maximum absolute atomic E-state index is 9.33. The molecule has 0 amide bonds. The molecule has 0 heterocycles. The zero-order valence-corrected chi connectivity index (χ0v) is 2.74. The summed E-state index contributed by atoms with van der Waals surface area (Å²) in [6, 6.07) is 0. The van der Waals surface area contributed by atoms with Crippen molar-refractivity contribution in [1.29, 1.82) is 0 Å². The normalized spacial score (nSPS) is 11.0. The lowest BCUT2D eigenvalue weighted by atomic mass is 12.5. The minimum atomic E-state index is -0.528. The van der Waals surface area contributed by atoms with E-state index in [1.165, 1.54) is 0 Å². The summed E-state index contributed by atoms with van der Waals surface area (Å²) in [5.41, 5.74) is 0. The summed E-state index contributed by atoms with van der Waals surface area (Å²) in [7, 11) is 0. The molecule has 34 valence electrons. The predicted molar refractivity (Wildman–Crippen MR) is 16.0 cm³/mol. The van der Waals surface area contributed by atoms with Gasteiger partial charge in [-0.3, -0.25) is 0 Å². The highest BCUT2D eigenvalue weighted by molar-refractivity contribution is 3.96. The smallest absolute Gasteiger partial charge is 0.178 e. The largest absolute Gasteiger partial charge is 0.668 e. The van der Waals surface area contributed by atoms with Crippen molar-refractivity contribution in [1.82, 2.24) is 0 Å². The van der Waals surface area contributed by atoms with Crippen LogP contribution in [0.1, 0.15) is 0 Å². The number of nitroso groups, excluding NO2 is 1. The lowest BCUT2D eigenvalue weighted by Crippen LogP contribution is -1.91. The molecule has 0 bridgehead atoms. The molecule has 0 fully saturated rings. The van der Waals surface area contributed by atoms with Crippen LogP contribution in [0.3, 0.4) is 0 Å². The molecule has 0 atom stereocenters. The van der Waals surface area contributed by atoms with E-state index in [0.717, 1.165) is 0 Å². The van der Waals surface area contributed by atoms with Gasteiger partial charge in [0.1, 0.15) is 5.22 Å². The van der Waals surface area contributed by atoms with Crippen LogP contribution in [-0.4, -0.2) is 4.97 Å². The van der Waals surface area contributed by atoms with Gasteiger partial charge in [-0.2, -0.15) is 5.84 Å². The van der Waals surface area contributed by atoms with Gasteiger partial charge in [-0.05, 0) is 0 Å². The molecular formula is H2N4O2. The second kappa shape index (κ2) is 2.06. The molecule has 0 aliphatic carbocycles. The van der Waals surface area contributed by atoms with Gasteiger partial charge in [-0.15, -0.1) is 4.91 Å². The Balaban J connectivity index is 3.50. The predicted octanol–water partition coefficient (Wildman–Crippen LogP) is -0.496. The van der Waals surface area contributed by atoms with E-state index in [2.05, 4.69) is 11.1 Å². The first-order valence-electron chi connectivity index (χ1n) is 1.02. The van der Waals surface area contributed by atoms with E-state index in [1.54, 1.807) is 5.29 Å². The molecule has 6 heavy (non-hydrogen) atoms. The Morgan fingerprint density at radius 2 is 2.33 bits per heavy atom. The second-order valence-corrected chi connectivity index (χ2v) is 0.450. The van der Waals surface area contributed by atoms with Crippen LogP contribution in [0.25, 0.3) is 0 Å². The molecule has 0 unspecified atom stereocenters. The van der Waals surface area contributed by atoms with Gasteiger partial charge in [-0.1, -0.05) is 0 Å². The fourth-order valence-electron chi connectivity index (χ4n) is 0.0211. The Kier molecular flexibility index (Phi) is 1.65. The van der Waals surface area contributed by atoms with Crippen LogP contribution in [0.15, 0.2) is 10.5 Å². The molecule has 0 aromatic rings. The maximum Gasteiger partial charge on any atom is 0.178 e. The van der Waals surface area contributed by atoms with Crippen molar-refractivity contribution < 1.29 is 4.97 Å². The van der Waals surface area contributed by atoms with Gasteiger partial charge >= 0.3 is 0 Å². The molecule has 0 aliphatic rings. The van der Waals surface area contributed by atoms with E-state index in [0.29, 0.717) is 0 Å². The molecule has 2 N–H and O–H groups in total. The lowest BCUT2D eigenvalue weighted by Gasteiger charge is -1.82. The summed E-state index contributed by atoms with van der Waals surface area (Å²) in [4.78, 5) is 8.40. The quantitative estimate of drug-likeness (QED) is 0.155. The molecule has 0 aliphatic heterocycles. The van der Waals surface area contributed by atoms with Gasteiger partial charge in [0.25, 0.3) is 0 Å². The Labute approximate surface area is 32.8 Å². The van der Waals surface area contributed by atoms with Gasteiger partial charge in [0.15, 0.2) is 5.29 Å². The summed E-state index contributed by atoms with van der Waals surface area (Å²) in [5, 5.41) is 13.4. The molecule has 0 saturated heterocycles. The molecule has 0 aromatic carbocycles. The highest BCUT2D eigenvalue weighted by atomic mass is 16.6. The third-order valence-electron chi connectivity index (χ3n) is 0.169. The van der Waals surface area contributed by atoms with E-state index in [4.69, 9.17) is 4.91 Å². The fraction of sp³-hybridized carbons (Fsp3) is 0. The van der Waals surface area contributed by atoms with Gasteiger partial charge < -0.3 is 5.21 Å². The van der Waals surface area contributed by atoms with Crippen LogP contribution >= 0.6 is 0 Å². The third kappa shape index (κ3) is 1.16. The second-order valence-electron chi connectivity index (χ2n) is 0.450. The number of nitrogens with two attached hydrogens (primary N) is 1. The van der Waals surface area contributed by atoms with Crippen LogP contribution in [0.4, 0.5) is 0 Å². The Hall–Kier alpha value is -1.20. The van der Waals surface area contributed by atoms with Crippen LogP contribution in [0.2, 0.25) is 0 Å². The highest BCUT2D eigenvalue weighted by Gasteiger charge is 1.71. The first-order valence-corrected chi connectivity index (χ1v) is 1.02. The van der Waals surface area contributed by atoms with Gasteiger partial charge in [0, 0.05) is 4.97 Å². The van der Waals surface area contributed by atoms with Gasteiger partial charge in [-0.25, -0.2) is 0 Å². The van der Waals surface area contributed by atoms with Crippen molar-refractivity contribution in [3.8, 4) is 0 Å². The molecule has 0 rings (SSSR count). The van der Waals surface area contributed by atoms with Crippen LogP contribution in [0.5, 0.6) is 0 Å². The fourth-order valence-corrected chi connectivity index (χ4v) is 0.0211. The maximum atomic E-state index is 9.33. The Morgan fingerprint density at radius 3 is 2.33 bits per heavy atom. The average Bonchev–Trinajstić information content (AvgIpc) is 1.65. The summed E-state index contributed by atoms with van der Waals surface area (Å²) in [6.45, 7) is 0. The molecule has 6 heteroatoms. The minimum absolute atomic E-state index is 0.528. The minimum Gasteiger partial charge on any atom is -0.668 e. The molecule has 6 nitrogen and oxygen atoms in total. The summed E-state index contributed by atoms with van der Waals surface area (Å²) in [5.74, 6) is 4.23. The van der Waals surface area contributed by atoms with E-state index in [1.807, 2.05) is 0 Å². The third-order valence-corrected chi connectivity index (χ3v) is 0.169. The van der Waals surface area contributed by atoms with E-state index in [-0.39, 0.29) is 0 Å². The SMILES string of the molecule is NN=[N+]([O-])N=O. The zero-order chi connectivity index (χ0) is 4.99. The van der Waals surface area contributed by atoms with Crippen molar-refractivity contribution in [2.24, 2.45) is 16.4 Å². The zero-order valence-electron chi connectivity index (χ0n) is 2.74. The first-order chi connectivity index (χ1) is 2.81. The van der Waals surface area contributed by atoms with Crippen LogP contribution < -0.4 is 5.84 Å². The monoisotopic (exact) mass is 90.0 g/mol. The lowest BCUT2D eigenvalue weighted by molar-refractivity contribution is -0.539. The number of nitrogens with zero attached hydrogens (tertiary/aromatic N) is 3. The molecule has 0 radical (unpaired) electrons. The number of rotatable bonds is 1. The molecule has 0 aromatic heterocycles. The first kappa shape index (κ1) is 4.80. The van der Waals surface area contributed by atoms with Gasteiger partial charge in [0.2, 0.25) is 0 Å². The van der Waals surface area contributed by atoms with Crippen LogP contribution in [0, 0.1) is 10.1 Å². The average molecular weight is 90.0 g/mol. The van der Waals surface area contributed by atoms with Crippen molar-refractivity contribution in [2.45, 2.75) is 0 Å².